The van der Waals surface area contributed by atoms with Crippen molar-refractivity contribution in [1.82, 2.24) is 5.32 Å². The molecule has 1 unspecified atom stereocenters. The topological polar surface area (TPSA) is 21.3 Å². The second kappa shape index (κ2) is 4.06. The maximum absolute atomic E-state index is 13.5. The van der Waals surface area contributed by atoms with Gasteiger partial charge in [0.25, 0.3) is 0 Å². The lowest BCUT2D eigenvalue weighted by molar-refractivity contribution is 0.191. The van der Waals surface area contributed by atoms with Crippen LogP contribution in [0.3, 0.4) is 0 Å². The molecule has 1 heterocycles. The van der Waals surface area contributed by atoms with Crippen molar-refractivity contribution in [3.05, 3.63) is 30.1 Å². The van der Waals surface area contributed by atoms with Crippen LogP contribution in [0.5, 0.6) is 5.75 Å². The predicted octanol–water partition coefficient (Wildman–Crippen LogP) is 2.20. The highest BCUT2D eigenvalue weighted by Crippen LogP contribution is 2.36. The molecule has 3 rings (SSSR count). The third-order valence-corrected chi connectivity index (χ3v) is 3.28. The molecule has 1 N–H and O–H groups in total. The van der Waals surface area contributed by atoms with Gasteiger partial charge in [-0.1, -0.05) is 12.1 Å². The number of ether oxygens (including phenoxy) is 1. The molecule has 0 spiro atoms. The summed E-state index contributed by atoms with van der Waals surface area (Å²) in [6, 6.07) is 6.25. The Kier molecular flexibility index (Phi) is 2.04. The second-order valence-electron chi connectivity index (χ2n) is 4.39. The lowest BCUT2D eigenvalue weighted by Gasteiger charge is -2.15. The average molecular weight is 223 g/mol. The van der Waals surface area contributed by atoms with Gasteiger partial charge in [-0.2, -0.15) is 0 Å². The van der Waals surface area contributed by atoms with Crippen LogP contribution in [0, 0.1) is 17.6 Å². The molecule has 0 aromatic heterocycles. The van der Waals surface area contributed by atoms with Crippen LogP contribution in [-0.2, 0) is 0 Å². The summed E-state index contributed by atoms with van der Waals surface area (Å²) in [5, 5.41) is 3.15. The minimum Gasteiger partial charge on any atom is -0.487 e. The van der Waals surface area contributed by atoms with Gasteiger partial charge in [0, 0.05) is 2.74 Å². The average Bonchev–Trinajstić information content (AvgIpc) is 2.82. The molecule has 16 heavy (non-hydrogen) atoms. The zero-order chi connectivity index (χ0) is 12.8. The van der Waals surface area contributed by atoms with E-state index in [0.29, 0.717) is 13.0 Å². The fourth-order valence-electron chi connectivity index (χ4n) is 2.47. The van der Waals surface area contributed by atoms with Crippen LogP contribution in [0.4, 0.5) is 4.39 Å². The van der Waals surface area contributed by atoms with E-state index in [-0.39, 0.29) is 17.8 Å². The number of nitrogens with one attached hydrogen (secondary N) is 1. The summed E-state index contributed by atoms with van der Waals surface area (Å²) in [6.07, 6.45) is -0.359. The third-order valence-electron chi connectivity index (χ3n) is 3.28. The Morgan fingerprint density at radius 1 is 1.44 bits per heavy atom. The number of benzene rings is 1. The van der Waals surface area contributed by atoms with Crippen molar-refractivity contribution in [3.63, 3.8) is 0 Å². The second-order valence-corrected chi connectivity index (χ2v) is 4.39. The van der Waals surface area contributed by atoms with Crippen LogP contribution in [-0.4, -0.2) is 19.2 Å². The number of hydrogen-bond acceptors (Lipinski definition) is 2. The quantitative estimate of drug-likeness (QED) is 0.830. The summed E-state index contributed by atoms with van der Waals surface area (Å²) in [4.78, 5) is 0. The number of para-hydroxylation sites is 1. The van der Waals surface area contributed by atoms with Gasteiger partial charge in [0.15, 0.2) is 11.6 Å². The van der Waals surface area contributed by atoms with E-state index in [1.54, 1.807) is 18.2 Å². The highest BCUT2D eigenvalue weighted by Gasteiger charge is 2.38. The van der Waals surface area contributed by atoms with Gasteiger partial charge in [-0.15, -0.1) is 0 Å². The molecule has 1 aliphatic carbocycles. The SMILES string of the molecule is [2H][C@H]1C(Oc2ccccc2F)C[C@@H]2CNC[C@@]21[2H]. The van der Waals surface area contributed by atoms with Crippen molar-refractivity contribution < 1.29 is 11.9 Å². The maximum atomic E-state index is 13.5. The van der Waals surface area contributed by atoms with Gasteiger partial charge in [0.05, 0.1) is 6.10 Å². The molecular weight excluding hydrogens is 205 g/mol. The Morgan fingerprint density at radius 3 is 3.12 bits per heavy atom. The van der Waals surface area contributed by atoms with Gasteiger partial charge in [-0.05, 0) is 49.9 Å². The van der Waals surface area contributed by atoms with Gasteiger partial charge < -0.3 is 10.1 Å². The molecule has 1 saturated heterocycles. The van der Waals surface area contributed by atoms with E-state index < -0.39 is 18.1 Å². The molecule has 1 saturated carbocycles. The Labute approximate surface area is 97.6 Å². The van der Waals surface area contributed by atoms with E-state index in [9.17, 15) is 4.39 Å². The zero-order valence-electron chi connectivity index (χ0n) is 10.9. The molecule has 0 bridgehead atoms. The highest BCUT2D eigenvalue weighted by molar-refractivity contribution is 5.24. The van der Waals surface area contributed by atoms with Crippen molar-refractivity contribution >= 4 is 0 Å². The fourth-order valence-corrected chi connectivity index (χ4v) is 2.47. The van der Waals surface area contributed by atoms with Gasteiger partial charge in [-0.25, -0.2) is 4.39 Å². The molecule has 4 atom stereocenters. The summed E-state index contributed by atoms with van der Waals surface area (Å²) in [5.74, 6) is -0.859. The first-order chi connectivity index (χ1) is 8.61. The van der Waals surface area contributed by atoms with Crippen LogP contribution in [0.25, 0.3) is 0 Å². The van der Waals surface area contributed by atoms with Gasteiger partial charge in [0.2, 0.25) is 0 Å². The first-order valence-electron chi connectivity index (χ1n) is 6.73. The van der Waals surface area contributed by atoms with E-state index in [1.165, 1.54) is 6.07 Å². The zero-order valence-corrected chi connectivity index (χ0v) is 8.95. The van der Waals surface area contributed by atoms with Crippen molar-refractivity contribution in [1.29, 1.82) is 0 Å². The summed E-state index contributed by atoms with van der Waals surface area (Å²) in [7, 11) is 0. The predicted molar refractivity (Wildman–Crippen MR) is 59.9 cm³/mol. The van der Waals surface area contributed by atoms with Crippen LogP contribution in [0.1, 0.15) is 15.6 Å². The van der Waals surface area contributed by atoms with E-state index in [0.717, 1.165) is 6.54 Å². The summed E-state index contributed by atoms with van der Waals surface area (Å²) < 4.78 is 35.6. The molecule has 0 radical (unpaired) electrons. The minimum absolute atomic E-state index is 0.136. The number of hydrogen-bond donors (Lipinski definition) is 1. The van der Waals surface area contributed by atoms with E-state index in [4.69, 9.17) is 7.48 Å². The van der Waals surface area contributed by atoms with E-state index in [1.807, 2.05) is 0 Å². The molecule has 1 aromatic carbocycles. The Balaban J connectivity index is 1.78. The number of rotatable bonds is 2. The van der Waals surface area contributed by atoms with Crippen molar-refractivity contribution in [2.45, 2.75) is 18.9 Å². The van der Waals surface area contributed by atoms with Crippen LogP contribution in [0.2, 0.25) is 0 Å². The fraction of sp³-hybridized carbons (Fsp3) is 0.538. The summed E-state index contributed by atoms with van der Waals surface area (Å²) >= 11 is 0. The minimum atomic E-state index is -0.782. The molecule has 1 aromatic rings. The standard InChI is InChI=1S/C13H16FNO/c14-12-3-1-2-4-13(12)16-11-5-9-7-15-8-10(9)6-11/h1-4,9-11,15H,5-8H2/t9-,10+,11?/i5D,9D/t5-,9+,10-,11?/m1/s1. The molecule has 0 amide bonds. The molecule has 86 valence electrons. The monoisotopic (exact) mass is 223 g/mol. The molecule has 3 heteroatoms. The molecular formula is C13H16FNO. The van der Waals surface area contributed by atoms with Crippen molar-refractivity contribution in [2.24, 2.45) is 11.8 Å². The van der Waals surface area contributed by atoms with E-state index >= 15 is 0 Å². The van der Waals surface area contributed by atoms with E-state index in [2.05, 4.69) is 5.32 Å². The Morgan fingerprint density at radius 2 is 2.31 bits per heavy atom. The summed E-state index contributed by atoms with van der Waals surface area (Å²) in [5.41, 5.74) is 0. The Bertz CT molecular complexity index is 458. The lowest BCUT2D eigenvalue weighted by atomic mass is 10.0. The maximum Gasteiger partial charge on any atom is 0.165 e. The van der Waals surface area contributed by atoms with Gasteiger partial charge in [-0.3, -0.25) is 0 Å². The normalized spacial score (nSPS) is 43.7. The van der Waals surface area contributed by atoms with Crippen molar-refractivity contribution in [2.75, 3.05) is 13.1 Å². The number of fused-ring (bicyclic) bond motifs is 1. The smallest absolute Gasteiger partial charge is 0.165 e. The largest absolute Gasteiger partial charge is 0.487 e. The van der Waals surface area contributed by atoms with Gasteiger partial charge in [0.1, 0.15) is 0 Å². The third kappa shape index (κ3) is 1.80. The molecule has 1 aliphatic heterocycles. The molecule has 2 fully saturated rings. The first-order valence-corrected chi connectivity index (χ1v) is 5.65. The molecule has 2 aliphatic rings. The highest BCUT2D eigenvalue weighted by atomic mass is 19.1. The van der Waals surface area contributed by atoms with Crippen LogP contribution < -0.4 is 10.1 Å². The lowest BCUT2D eigenvalue weighted by Crippen LogP contribution is -2.18. The van der Waals surface area contributed by atoms with Crippen LogP contribution in [0.15, 0.2) is 24.3 Å². The Hall–Kier alpha value is -1.09. The van der Waals surface area contributed by atoms with Crippen LogP contribution >= 0.6 is 0 Å². The number of halogens is 1. The van der Waals surface area contributed by atoms with Gasteiger partial charge >= 0.3 is 0 Å². The first kappa shape index (κ1) is 8.07. The van der Waals surface area contributed by atoms with Crippen molar-refractivity contribution in [3.8, 4) is 5.75 Å². The summed E-state index contributed by atoms with van der Waals surface area (Å²) in [6.45, 7) is 1.29. The molecule has 2 nitrogen and oxygen atoms in total.